The zero-order chi connectivity index (χ0) is 12.3. The van der Waals surface area contributed by atoms with E-state index in [4.69, 9.17) is 11.6 Å². The Balaban J connectivity index is 1.87. The molecule has 2 N–H and O–H groups in total. The standard InChI is InChI=1S/C14H20ClNO/c1-2-14(6-3-7-14)10-16-9-11-8-12(15)4-5-13(11)17/h4-5,8,16-17H,2-3,6-7,9-10H2,1H3. The highest BCUT2D eigenvalue weighted by Gasteiger charge is 2.34. The van der Waals surface area contributed by atoms with Gasteiger partial charge >= 0.3 is 0 Å². The van der Waals surface area contributed by atoms with E-state index in [1.54, 1.807) is 12.1 Å². The van der Waals surface area contributed by atoms with Gasteiger partial charge in [0.25, 0.3) is 0 Å². The number of hydrogen-bond donors (Lipinski definition) is 2. The predicted molar refractivity (Wildman–Crippen MR) is 71.4 cm³/mol. The summed E-state index contributed by atoms with van der Waals surface area (Å²) in [5, 5.41) is 13.8. The molecule has 0 unspecified atom stereocenters. The Bertz CT molecular complexity index is 382. The minimum atomic E-state index is 0.320. The summed E-state index contributed by atoms with van der Waals surface area (Å²) in [6.45, 7) is 3.99. The summed E-state index contributed by atoms with van der Waals surface area (Å²) in [7, 11) is 0. The fourth-order valence-electron chi connectivity index (χ4n) is 2.49. The van der Waals surface area contributed by atoms with Crippen molar-refractivity contribution in [1.82, 2.24) is 5.32 Å². The maximum absolute atomic E-state index is 9.69. The first kappa shape index (κ1) is 12.7. The van der Waals surface area contributed by atoms with Gasteiger partial charge in [0.05, 0.1) is 0 Å². The van der Waals surface area contributed by atoms with Crippen molar-refractivity contribution in [2.24, 2.45) is 5.41 Å². The second-order valence-corrected chi connectivity index (χ2v) is 5.52. The van der Waals surface area contributed by atoms with Crippen molar-refractivity contribution in [3.05, 3.63) is 28.8 Å². The molecule has 0 spiro atoms. The zero-order valence-electron chi connectivity index (χ0n) is 10.3. The molecule has 2 rings (SSSR count). The Kier molecular flexibility index (Phi) is 3.95. The van der Waals surface area contributed by atoms with E-state index in [1.807, 2.05) is 6.07 Å². The fourth-order valence-corrected chi connectivity index (χ4v) is 2.68. The number of halogens is 1. The Morgan fingerprint density at radius 2 is 2.18 bits per heavy atom. The van der Waals surface area contributed by atoms with Crippen molar-refractivity contribution >= 4 is 11.6 Å². The van der Waals surface area contributed by atoms with E-state index < -0.39 is 0 Å². The third-order valence-corrected chi connectivity index (χ3v) is 4.26. The van der Waals surface area contributed by atoms with Gasteiger partial charge in [0, 0.05) is 23.7 Å². The fraction of sp³-hybridized carbons (Fsp3) is 0.571. The molecule has 1 aromatic rings. The first-order valence-electron chi connectivity index (χ1n) is 6.33. The molecule has 3 heteroatoms. The van der Waals surface area contributed by atoms with Gasteiger partial charge in [-0.05, 0) is 42.9 Å². The van der Waals surface area contributed by atoms with E-state index >= 15 is 0 Å². The number of aromatic hydroxyl groups is 1. The van der Waals surface area contributed by atoms with Gasteiger partial charge in [0.2, 0.25) is 0 Å². The van der Waals surface area contributed by atoms with Gasteiger partial charge in [-0.15, -0.1) is 0 Å². The molecule has 1 aliphatic rings. The first-order chi connectivity index (χ1) is 8.15. The van der Waals surface area contributed by atoms with E-state index in [-0.39, 0.29) is 0 Å². The van der Waals surface area contributed by atoms with Crippen molar-refractivity contribution in [2.45, 2.75) is 39.2 Å². The largest absolute Gasteiger partial charge is 0.508 e. The van der Waals surface area contributed by atoms with Crippen molar-refractivity contribution in [3.63, 3.8) is 0 Å². The van der Waals surface area contributed by atoms with E-state index in [0.29, 0.717) is 22.7 Å². The second kappa shape index (κ2) is 5.28. The van der Waals surface area contributed by atoms with Gasteiger partial charge in [-0.1, -0.05) is 24.9 Å². The van der Waals surface area contributed by atoms with Gasteiger partial charge in [-0.25, -0.2) is 0 Å². The van der Waals surface area contributed by atoms with Crippen molar-refractivity contribution in [2.75, 3.05) is 6.54 Å². The van der Waals surface area contributed by atoms with Crippen molar-refractivity contribution in [1.29, 1.82) is 0 Å². The minimum Gasteiger partial charge on any atom is -0.508 e. The average molecular weight is 254 g/mol. The molecule has 0 atom stereocenters. The van der Waals surface area contributed by atoms with Crippen molar-refractivity contribution < 1.29 is 5.11 Å². The molecule has 17 heavy (non-hydrogen) atoms. The Morgan fingerprint density at radius 3 is 2.76 bits per heavy atom. The molecule has 0 saturated heterocycles. The number of phenols is 1. The molecule has 94 valence electrons. The van der Waals surface area contributed by atoms with Crippen LogP contribution in [0.3, 0.4) is 0 Å². The van der Waals surface area contributed by atoms with Crippen LogP contribution >= 0.6 is 11.6 Å². The minimum absolute atomic E-state index is 0.320. The third kappa shape index (κ3) is 2.93. The van der Waals surface area contributed by atoms with Gasteiger partial charge in [-0.3, -0.25) is 0 Å². The van der Waals surface area contributed by atoms with Crippen molar-refractivity contribution in [3.8, 4) is 5.75 Å². The van der Waals surface area contributed by atoms with E-state index in [9.17, 15) is 5.11 Å². The Hall–Kier alpha value is -0.730. The summed E-state index contributed by atoms with van der Waals surface area (Å²) in [5.41, 5.74) is 1.39. The van der Waals surface area contributed by atoms with E-state index in [0.717, 1.165) is 12.1 Å². The molecule has 0 bridgehead atoms. The highest BCUT2D eigenvalue weighted by atomic mass is 35.5. The van der Waals surface area contributed by atoms with E-state index in [1.165, 1.54) is 25.7 Å². The molecule has 0 aliphatic heterocycles. The number of rotatable bonds is 5. The molecule has 0 amide bonds. The predicted octanol–water partition coefficient (Wildman–Crippen LogP) is 3.72. The van der Waals surface area contributed by atoms with Gasteiger partial charge < -0.3 is 10.4 Å². The number of benzene rings is 1. The Labute approximate surface area is 108 Å². The molecule has 1 aliphatic carbocycles. The van der Waals surface area contributed by atoms with Crippen LogP contribution in [-0.4, -0.2) is 11.7 Å². The lowest BCUT2D eigenvalue weighted by atomic mass is 9.67. The van der Waals surface area contributed by atoms with Crippen LogP contribution in [0.1, 0.15) is 38.2 Å². The van der Waals surface area contributed by atoms with Gasteiger partial charge in [-0.2, -0.15) is 0 Å². The maximum atomic E-state index is 9.69. The van der Waals surface area contributed by atoms with Gasteiger partial charge in [0.1, 0.15) is 5.75 Å². The molecule has 0 heterocycles. The highest BCUT2D eigenvalue weighted by molar-refractivity contribution is 6.30. The number of hydrogen-bond acceptors (Lipinski definition) is 2. The number of nitrogens with one attached hydrogen (secondary N) is 1. The SMILES string of the molecule is CCC1(CNCc2cc(Cl)ccc2O)CCC1. The smallest absolute Gasteiger partial charge is 0.120 e. The number of phenolic OH excluding ortho intramolecular Hbond substituents is 1. The summed E-state index contributed by atoms with van der Waals surface area (Å²) in [5.74, 6) is 0.320. The average Bonchev–Trinajstić information content (AvgIpc) is 2.27. The summed E-state index contributed by atoms with van der Waals surface area (Å²) in [4.78, 5) is 0. The third-order valence-electron chi connectivity index (χ3n) is 4.02. The molecule has 1 saturated carbocycles. The monoisotopic (exact) mass is 253 g/mol. The van der Waals surface area contributed by atoms with Crippen LogP contribution in [0.25, 0.3) is 0 Å². The van der Waals surface area contributed by atoms with Gasteiger partial charge in [0.15, 0.2) is 0 Å². The van der Waals surface area contributed by atoms with Crippen LogP contribution in [0.15, 0.2) is 18.2 Å². The molecule has 0 aromatic heterocycles. The van der Waals surface area contributed by atoms with Crippen LogP contribution in [0, 0.1) is 5.41 Å². The lowest BCUT2D eigenvalue weighted by Gasteiger charge is -2.41. The lowest BCUT2D eigenvalue weighted by molar-refractivity contribution is 0.123. The first-order valence-corrected chi connectivity index (χ1v) is 6.71. The quantitative estimate of drug-likeness (QED) is 0.838. The highest BCUT2D eigenvalue weighted by Crippen LogP contribution is 2.43. The molecule has 2 nitrogen and oxygen atoms in total. The van der Waals surface area contributed by atoms with Crippen LogP contribution < -0.4 is 5.32 Å². The summed E-state index contributed by atoms with van der Waals surface area (Å²) in [6.07, 6.45) is 5.26. The lowest BCUT2D eigenvalue weighted by Crippen LogP contribution is -2.39. The summed E-state index contributed by atoms with van der Waals surface area (Å²) >= 11 is 5.91. The zero-order valence-corrected chi connectivity index (χ0v) is 11.1. The van der Waals surface area contributed by atoms with E-state index in [2.05, 4.69) is 12.2 Å². The molecular formula is C14H20ClNO. The molecular weight excluding hydrogens is 234 g/mol. The molecule has 1 fully saturated rings. The molecule has 1 aromatic carbocycles. The molecule has 0 radical (unpaired) electrons. The van der Waals surface area contributed by atoms with Crippen LogP contribution in [-0.2, 0) is 6.54 Å². The summed E-state index contributed by atoms with van der Waals surface area (Å²) < 4.78 is 0. The van der Waals surface area contributed by atoms with Crippen LogP contribution in [0.4, 0.5) is 0 Å². The van der Waals surface area contributed by atoms with Crippen LogP contribution in [0.2, 0.25) is 5.02 Å². The summed E-state index contributed by atoms with van der Waals surface area (Å²) in [6, 6.07) is 5.18. The Morgan fingerprint density at radius 1 is 1.41 bits per heavy atom. The second-order valence-electron chi connectivity index (χ2n) is 5.08. The maximum Gasteiger partial charge on any atom is 0.120 e. The topological polar surface area (TPSA) is 32.3 Å². The normalized spacial score (nSPS) is 17.8. The van der Waals surface area contributed by atoms with Crippen LogP contribution in [0.5, 0.6) is 5.75 Å².